The molecule has 1 N–H and O–H groups in total. The monoisotopic (exact) mass is 491 g/mol. The molecule has 0 unspecified atom stereocenters. The predicted octanol–water partition coefficient (Wildman–Crippen LogP) is 6.30. The Labute approximate surface area is 218 Å². The summed E-state index contributed by atoms with van der Waals surface area (Å²) in [5, 5.41) is 3.41. The average molecular weight is 492 g/mol. The SMILES string of the molecule is COc1ccc(CN(CC(=O)N(C)Cc2ccc3[nH]c(C)cc3c2)Cc2ccccc2)c2ccccc12. The van der Waals surface area contributed by atoms with Crippen molar-refractivity contribution in [3.63, 3.8) is 0 Å². The van der Waals surface area contributed by atoms with E-state index in [1.54, 1.807) is 7.11 Å². The molecule has 0 saturated heterocycles. The fourth-order valence-corrected chi connectivity index (χ4v) is 5.00. The number of H-pyrrole nitrogens is 1. The summed E-state index contributed by atoms with van der Waals surface area (Å²) >= 11 is 0. The second-order valence-corrected chi connectivity index (χ2v) is 9.73. The van der Waals surface area contributed by atoms with Crippen LogP contribution in [0.2, 0.25) is 0 Å². The third-order valence-corrected chi connectivity index (χ3v) is 6.86. The van der Waals surface area contributed by atoms with E-state index < -0.39 is 0 Å². The number of carbonyl (C=O) groups is 1. The summed E-state index contributed by atoms with van der Waals surface area (Å²) in [4.78, 5) is 20.8. The molecule has 1 heterocycles. The molecule has 0 bridgehead atoms. The van der Waals surface area contributed by atoms with Gasteiger partial charge in [-0.3, -0.25) is 9.69 Å². The van der Waals surface area contributed by atoms with Crippen LogP contribution in [-0.2, 0) is 24.4 Å². The average Bonchev–Trinajstić information content (AvgIpc) is 3.28. The van der Waals surface area contributed by atoms with Crippen molar-refractivity contribution in [2.45, 2.75) is 26.6 Å². The van der Waals surface area contributed by atoms with E-state index in [-0.39, 0.29) is 5.91 Å². The summed E-state index contributed by atoms with van der Waals surface area (Å²) in [5.41, 5.74) is 5.74. The molecule has 5 rings (SSSR count). The molecule has 4 aromatic carbocycles. The number of likely N-dealkylation sites (N-methyl/N-ethyl adjacent to an activating group) is 1. The van der Waals surface area contributed by atoms with E-state index in [2.05, 4.69) is 77.5 Å². The number of aromatic nitrogens is 1. The van der Waals surface area contributed by atoms with Gasteiger partial charge in [0.05, 0.1) is 13.7 Å². The number of amides is 1. The molecule has 0 aliphatic heterocycles. The normalized spacial score (nSPS) is 11.4. The van der Waals surface area contributed by atoms with Gasteiger partial charge >= 0.3 is 0 Å². The Morgan fingerprint density at radius 2 is 1.57 bits per heavy atom. The van der Waals surface area contributed by atoms with Crippen molar-refractivity contribution >= 4 is 27.6 Å². The predicted molar refractivity (Wildman–Crippen MR) is 151 cm³/mol. The van der Waals surface area contributed by atoms with Crippen LogP contribution in [0.25, 0.3) is 21.7 Å². The quantitative estimate of drug-likeness (QED) is 0.263. The third kappa shape index (κ3) is 5.68. The highest BCUT2D eigenvalue weighted by atomic mass is 16.5. The highest BCUT2D eigenvalue weighted by Gasteiger charge is 2.18. The highest BCUT2D eigenvalue weighted by Crippen LogP contribution is 2.29. The van der Waals surface area contributed by atoms with E-state index in [9.17, 15) is 4.79 Å². The van der Waals surface area contributed by atoms with Crippen molar-refractivity contribution in [2.75, 3.05) is 20.7 Å². The van der Waals surface area contributed by atoms with E-state index in [4.69, 9.17) is 4.74 Å². The minimum Gasteiger partial charge on any atom is -0.496 e. The number of methoxy groups -OCH3 is 1. The minimum atomic E-state index is 0.0964. The van der Waals surface area contributed by atoms with Gasteiger partial charge in [0.15, 0.2) is 0 Å². The Morgan fingerprint density at radius 3 is 2.35 bits per heavy atom. The van der Waals surface area contributed by atoms with Crippen LogP contribution in [0, 0.1) is 6.92 Å². The van der Waals surface area contributed by atoms with E-state index in [1.807, 2.05) is 42.3 Å². The van der Waals surface area contributed by atoms with Crippen LogP contribution in [0.4, 0.5) is 0 Å². The zero-order valence-corrected chi connectivity index (χ0v) is 21.7. The first-order chi connectivity index (χ1) is 18.0. The number of nitrogens with one attached hydrogen (secondary N) is 1. The van der Waals surface area contributed by atoms with Crippen LogP contribution in [0.15, 0.2) is 91.0 Å². The van der Waals surface area contributed by atoms with Gasteiger partial charge in [0.2, 0.25) is 5.91 Å². The summed E-state index contributed by atoms with van der Waals surface area (Å²) in [6, 6.07) is 31.2. The molecule has 1 amide bonds. The smallest absolute Gasteiger partial charge is 0.236 e. The first-order valence-electron chi connectivity index (χ1n) is 12.6. The summed E-state index contributed by atoms with van der Waals surface area (Å²) < 4.78 is 5.59. The Hall–Kier alpha value is -4.09. The van der Waals surface area contributed by atoms with Gasteiger partial charge in [-0.25, -0.2) is 0 Å². The van der Waals surface area contributed by atoms with Crippen molar-refractivity contribution in [3.8, 4) is 5.75 Å². The van der Waals surface area contributed by atoms with Gasteiger partial charge in [0, 0.05) is 43.3 Å². The molecule has 37 heavy (non-hydrogen) atoms. The number of carbonyl (C=O) groups excluding carboxylic acids is 1. The maximum absolute atomic E-state index is 13.4. The topological polar surface area (TPSA) is 48.6 Å². The van der Waals surface area contributed by atoms with Crippen LogP contribution in [0.5, 0.6) is 5.75 Å². The molecule has 0 radical (unpaired) electrons. The Balaban J connectivity index is 1.36. The number of benzene rings is 4. The lowest BCUT2D eigenvalue weighted by Crippen LogP contribution is -2.37. The van der Waals surface area contributed by atoms with E-state index in [1.165, 1.54) is 16.5 Å². The first-order valence-corrected chi connectivity index (χ1v) is 12.6. The highest BCUT2D eigenvalue weighted by molar-refractivity contribution is 5.91. The first kappa shape index (κ1) is 24.6. The Kier molecular flexibility index (Phi) is 7.24. The number of ether oxygens (including phenoxy) is 1. The lowest BCUT2D eigenvalue weighted by atomic mass is 10.0. The lowest BCUT2D eigenvalue weighted by molar-refractivity contribution is -0.131. The van der Waals surface area contributed by atoms with Crippen molar-refractivity contribution in [1.82, 2.24) is 14.8 Å². The van der Waals surface area contributed by atoms with Gasteiger partial charge in [-0.05, 0) is 58.7 Å². The third-order valence-electron chi connectivity index (χ3n) is 6.86. The second-order valence-electron chi connectivity index (χ2n) is 9.73. The molecule has 1 aromatic heterocycles. The maximum Gasteiger partial charge on any atom is 0.236 e. The number of nitrogens with zero attached hydrogens (tertiary/aromatic N) is 2. The van der Waals surface area contributed by atoms with Crippen LogP contribution in [0.1, 0.15) is 22.4 Å². The number of aryl methyl sites for hydroxylation is 1. The van der Waals surface area contributed by atoms with E-state index >= 15 is 0 Å². The molecular formula is C32H33N3O2. The summed E-state index contributed by atoms with van der Waals surface area (Å²) in [6.45, 7) is 4.31. The molecule has 0 atom stereocenters. The molecule has 0 aliphatic rings. The molecule has 5 aromatic rings. The molecule has 5 heteroatoms. The van der Waals surface area contributed by atoms with Crippen molar-refractivity contribution < 1.29 is 9.53 Å². The van der Waals surface area contributed by atoms with Crippen molar-refractivity contribution in [3.05, 3.63) is 113 Å². The summed E-state index contributed by atoms with van der Waals surface area (Å²) in [7, 11) is 3.59. The molecular weight excluding hydrogens is 458 g/mol. The van der Waals surface area contributed by atoms with Gasteiger partial charge in [-0.1, -0.05) is 66.7 Å². The van der Waals surface area contributed by atoms with Crippen LogP contribution < -0.4 is 4.74 Å². The zero-order valence-electron chi connectivity index (χ0n) is 21.7. The van der Waals surface area contributed by atoms with Gasteiger partial charge in [0.25, 0.3) is 0 Å². The van der Waals surface area contributed by atoms with Gasteiger partial charge in [-0.15, -0.1) is 0 Å². The Bertz CT molecular complexity index is 1520. The molecule has 0 aliphatic carbocycles. The van der Waals surface area contributed by atoms with Crippen LogP contribution >= 0.6 is 0 Å². The largest absolute Gasteiger partial charge is 0.496 e. The zero-order chi connectivity index (χ0) is 25.8. The number of hydrogen-bond donors (Lipinski definition) is 1. The van der Waals surface area contributed by atoms with Gasteiger partial charge in [0.1, 0.15) is 5.75 Å². The molecule has 188 valence electrons. The number of hydrogen-bond acceptors (Lipinski definition) is 3. The minimum absolute atomic E-state index is 0.0964. The maximum atomic E-state index is 13.4. The second kappa shape index (κ2) is 10.9. The molecule has 0 saturated carbocycles. The summed E-state index contributed by atoms with van der Waals surface area (Å²) in [5.74, 6) is 0.957. The van der Waals surface area contributed by atoms with Crippen molar-refractivity contribution in [1.29, 1.82) is 0 Å². The summed E-state index contributed by atoms with van der Waals surface area (Å²) in [6.07, 6.45) is 0. The van der Waals surface area contributed by atoms with Gasteiger partial charge in [-0.2, -0.15) is 0 Å². The Morgan fingerprint density at radius 1 is 0.811 bits per heavy atom. The van der Waals surface area contributed by atoms with Crippen LogP contribution in [-0.4, -0.2) is 41.4 Å². The van der Waals surface area contributed by atoms with Gasteiger partial charge < -0.3 is 14.6 Å². The molecule has 0 spiro atoms. The molecule has 5 nitrogen and oxygen atoms in total. The standard InChI is InChI=1S/C32H33N3O2/c1-23-17-27-18-25(13-15-30(27)33-23)19-34(2)32(36)22-35(20-24-9-5-4-6-10-24)21-26-14-16-31(37-3)29-12-8-7-11-28(26)29/h4-18,33H,19-22H2,1-3H3. The fourth-order valence-electron chi connectivity index (χ4n) is 5.00. The van der Waals surface area contributed by atoms with Crippen molar-refractivity contribution in [2.24, 2.45) is 0 Å². The van der Waals surface area contributed by atoms with Crippen LogP contribution in [0.3, 0.4) is 0 Å². The number of rotatable bonds is 9. The number of aromatic amines is 1. The number of fused-ring (bicyclic) bond motifs is 2. The molecule has 0 fully saturated rings. The fraction of sp³-hybridized carbons (Fsp3) is 0.219. The lowest BCUT2D eigenvalue weighted by Gasteiger charge is -2.26. The van der Waals surface area contributed by atoms with E-state index in [0.717, 1.165) is 33.3 Å². The van der Waals surface area contributed by atoms with E-state index in [0.29, 0.717) is 26.2 Å².